The molecule has 0 saturated carbocycles. The Morgan fingerprint density at radius 2 is 1.79 bits per heavy atom. The minimum atomic E-state index is -0.614. The maximum Gasteiger partial charge on any atom is 0.338 e. The van der Waals surface area contributed by atoms with E-state index in [-0.39, 0.29) is 13.2 Å². The molecule has 0 aliphatic carbocycles. The summed E-state index contributed by atoms with van der Waals surface area (Å²) >= 11 is 13.2. The Labute approximate surface area is 290 Å². The van der Waals surface area contributed by atoms with Crippen molar-refractivity contribution in [2.45, 2.75) is 26.5 Å². The van der Waals surface area contributed by atoms with Crippen LogP contribution in [-0.4, -0.2) is 36.4 Å². The third-order valence-electron chi connectivity index (χ3n) is 6.07. The highest BCUT2D eigenvalue weighted by molar-refractivity contribution is 14.1. The minimum Gasteiger partial charge on any atom is -0.487 e. The van der Waals surface area contributed by atoms with Gasteiger partial charge >= 0.3 is 5.97 Å². The van der Waals surface area contributed by atoms with Crippen LogP contribution < -0.4 is 25.5 Å². The number of carbonyl (C=O) groups excluding carboxylic acids is 2. The molecule has 0 bridgehead atoms. The lowest BCUT2D eigenvalue weighted by Crippen LogP contribution is -2.45. The third kappa shape index (κ3) is 9.12. The number of para-hydroxylation sites is 1. The van der Waals surface area contributed by atoms with Crippen molar-refractivity contribution in [3.05, 3.63) is 100 Å². The number of carbonyl (C=O) groups is 2. The van der Waals surface area contributed by atoms with E-state index in [0.717, 1.165) is 28.5 Å². The number of nitrogens with one attached hydrogen (secondary N) is 3. The molecule has 4 rings (SSSR count). The Hall–Kier alpha value is -2.76. The smallest absolute Gasteiger partial charge is 0.338 e. The van der Waals surface area contributed by atoms with Crippen molar-refractivity contribution in [1.29, 1.82) is 0 Å². The number of allylic oxidation sites excluding steroid dienone is 1. The van der Waals surface area contributed by atoms with Gasteiger partial charge in [0.15, 0.2) is 11.7 Å². The summed E-state index contributed by atoms with van der Waals surface area (Å²) in [5, 5.41) is 10.5. The van der Waals surface area contributed by atoms with Crippen LogP contribution in [0.2, 0.25) is 0 Å². The van der Waals surface area contributed by atoms with E-state index in [2.05, 4.69) is 82.3 Å². The Bertz CT molecular complexity index is 1560. The van der Waals surface area contributed by atoms with Crippen LogP contribution in [0.25, 0.3) is 0 Å². The summed E-state index contributed by atoms with van der Waals surface area (Å²) in [6.07, 6.45) is 1.56. The van der Waals surface area contributed by atoms with Gasteiger partial charge in [-0.15, -0.1) is 0 Å². The summed E-state index contributed by atoms with van der Waals surface area (Å²) in [4.78, 5) is 25.3. The Morgan fingerprint density at radius 3 is 2.49 bits per heavy atom. The minimum absolute atomic E-state index is 0.231. The second kappa shape index (κ2) is 15.8. The molecule has 0 fully saturated rings. The van der Waals surface area contributed by atoms with Gasteiger partial charge in [-0.2, -0.15) is 5.10 Å². The fraction of sp³-hybridized carbons (Fsp3) is 0.200. The molecule has 224 valence electrons. The van der Waals surface area contributed by atoms with E-state index in [0.29, 0.717) is 34.3 Å². The van der Waals surface area contributed by atoms with Crippen molar-refractivity contribution in [1.82, 2.24) is 16.1 Å². The molecule has 0 unspecified atom stereocenters. The lowest BCUT2D eigenvalue weighted by Gasteiger charge is -2.30. The molecule has 0 radical (unpaired) electrons. The molecule has 43 heavy (non-hydrogen) atoms. The summed E-state index contributed by atoms with van der Waals surface area (Å²) in [7, 11) is 0. The molecule has 1 amide bonds. The number of hydrogen-bond acceptors (Lipinski definition) is 7. The standard InChI is InChI=1S/C30H27BrI2N4O5S/c1-3-40-29(39)26-17(2)35-30(43)36-27(26)21-6-4-5-7-24(21)41-16-25(38)37-34-14-19-12-22(32)28(23(33)13-19)42-15-18-8-10-20(31)11-9-18/h4-14,27H,3,15-16H2,1-2H3,(H,37,38)(H2,35,36,43)/t27-/m1/s1. The average molecular weight is 889 g/mol. The number of ether oxygens (including phenoxy) is 3. The predicted octanol–water partition coefficient (Wildman–Crippen LogP) is 6.12. The van der Waals surface area contributed by atoms with Crippen molar-refractivity contribution >= 4 is 96.5 Å². The number of halogens is 3. The van der Waals surface area contributed by atoms with E-state index in [1.807, 2.05) is 42.5 Å². The highest BCUT2D eigenvalue weighted by atomic mass is 127. The van der Waals surface area contributed by atoms with Crippen LogP contribution >= 0.6 is 73.3 Å². The fourth-order valence-electron chi connectivity index (χ4n) is 4.14. The largest absolute Gasteiger partial charge is 0.487 e. The number of thiocarbonyl (C=S) groups is 1. The first kappa shape index (κ1) is 33.1. The second-order valence-corrected chi connectivity index (χ2v) is 12.8. The molecular weight excluding hydrogens is 862 g/mol. The second-order valence-electron chi connectivity index (χ2n) is 9.14. The zero-order valence-electron chi connectivity index (χ0n) is 23.1. The predicted molar refractivity (Wildman–Crippen MR) is 189 cm³/mol. The number of benzene rings is 3. The molecule has 1 atom stereocenters. The van der Waals surface area contributed by atoms with Crippen LogP contribution in [0.4, 0.5) is 0 Å². The van der Waals surface area contributed by atoms with Crippen LogP contribution in [0.5, 0.6) is 11.5 Å². The van der Waals surface area contributed by atoms with Crippen molar-refractivity contribution in [2.24, 2.45) is 5.10 Å². The number of hydrazone groups is 1. The SMILES string of the molecule is CCOC(=O)C1=C(C)NC(=S)N[C@@H]1c1ccccc1OCC(=O)NN=Cc1cc(I)c(OCc2ccc(Br)cc2)c(I)c1. The number of nitrogens with zero attached hydrogens (tertiary/aromatic N) is 1. The molecule has 1 heterocycles. The van der Waals surface area contributed by atoms with Gasteiger partial charge < -0.3 is 24.8 Å². The summed E-state index contributed by atoms with van der Waals surface area (Å²) in [6.45, 7) is 3.89. The monoisotopic (exact) mass is 888 g/mol. The van der Waals surface area contributed by atoms with E-state index in [1.165, 1.54) is 0 Å². The molecular formula is C30H27BrI2N4O5S. The first-order valence-corrected chi connectivity index (χ1v) is 16.4. The van der Waals surface area contributed by atoms with Crippen LogP contribution in [-0.2, 0) is 20.9 Å². The van der Waals surface area contributed by atoms with Gasteiger partial charge in [0.1, 0.15) is 18.1 Å². The average Bonchev–Trinajstić information content (AvgIpc) is 2.96. The van der Waals surface area contributed by atoms with Gasteiger partial charge in [0.05, 0.1) is 31.6 Å². The van der Waals surface area contributed by atoms with Gasteiger partial charge in [0.25, 0.3) is 5.91 Å². The molecule has 0 aromatic heterocycles. The molecule has 1 aliphatic heterocycles. The maximum absolute atomic E-state index is 12.7. The molecule has 0 saturated heterocycles. The summed E-state index contributed by atoms with van der Waals surface area (Å²) in [6, 6.07) is 18.3. The number of rotatable bonds is 11. The zero-order valence-corrected chi connectivity index (χ0v) is 29.8. The Balaban J connectivity index is 1.37. The Morgan fingerprint density at radius 1 is 1.09 bits per heavy atom. The number of hydrogen-bond donors (Lipinski definition) is 3. The molecule has 3 aromatic carbocycles. The van der Waals surface area contributed by atoms with Gasteiger partial charge in [-0.3, -0.25) is 4.79 Å². The number of esters is 1. The van der Waals surface area contributed by atoms with Crippen LogP contribution in [0.15, 0.2) is 81.5 Å². The van der Waals surface area contributed by atoms with E-state index < -0.39 is 17.9 Å². The van der Waals surface area contributed by atoms with Crippen LogP contribution in [0, 0.1) is 7.14 Å². The molecule has 1 aliphatic rings. The van der Waals surface area contributed by atoms with Crippen molar-refractivity contribution in [3.8, 4) is 11.5 Å². The van der Waals surface area contributed by atoms with Crippen molar-refractivity contribution in [3.63, 3.8) is 0 Å². The number of amides is 1. The van der Waals surface area contributed by atoms with Gasteiger partial charge in [-0.05, 0) is 113 Å². The lowest BCUT2D eigenvalue weighted by atomic mass is 9.95. The quantitative estimate of drug-likeness (QED) is 0.0696. The van der Waals surface area contributed by atoms with Gasteiger partial charge in [-0.1, -0.05) is 46.3 Å². The molecule has 0 spiro atoms. The normalized spacial score (nSPS) is 14.6. The topological polar surface area (TPSA) is 110 Å². The zero-order chi connectivity index (χ0) is 30.9. The maximum atomic E-state index is 12.7. The van der Waals surface area contributed by atoms with Crippen LogP contribution in [0.3, 0.4) is 0 Å². The summed E-state index contributed by atoms with van der Waals surface area (Å²) in [5.74, 6) is 0.290. The van der Waals surface area contributed by atoms with Crippen LogP contribution in [0.1, 0.15) is 36.6 Å². The molecule has 13 heteroatoms. The van der Waals surface area contributed by atoms with Crippen molar-refractivity contribution < 1.29 is 23.8 Å². The van der Waals surface area contributed by atoms with Gasteiger partial charge in [0.2, 0.25) is 0 Å². The van der Waals surface area contributed by atoms with Gasteiger partial charge in [-0.25, -0.2) is 10.2 Å². The van der Waals surface area contributed by atoms with E-state index >= 15 is 0 Å². The summed E-state index contributed by atoms with van der Waals surface area (Å²) < 4.78 is 20.0. The first-order chi connectivity index (χ1) is 20.7. The third-order valence-corrected chi connectivity index (χ3v) is 8.42. The fourth-order valence-corrected chi connectivity index (χ4v) is 6.80. The summed E-state index contributed by atoms with van der Waals surface area (Å²) in [5.41, 5.74) is 5.97. The van der Waals surface area contributed by atoms with Crippen molar-refractivity contribution in [2.75, 3.05) is 13.2 Å². The molecule has 3 N–H and O–H groups in total. The lowest BCUT2D eigenvalue weighted by molar-refractivity contribution is -0.139. The first-order valence-electron chi connectivity index (χ1n) is 13.0. The van der Waals surface area contributed by atoms with E-state index in [9.17, 15) is 9.59 Å². The van der Waals surface area contributed by atoms with E-state index in [1.54, 1.807) is 38.3 Å². The van der Waals surface area contributed by atoms with Gasteiger partial charge in [0, 0.05) is 15.7 Å². The Kier molecular flexibility index (Phi) is 12.2. The van der Waals surface area contributed by atoms with E-state index in [4.69, 9.17) is 26.4 Å². The molecule has 9 nitrogen and oxygen atoms in total. The molecule has 3 aromatic rings. The highest BCUT2D eigenvalue weighted by Crippen LogP contribution is 2.34. The highest BCUT2D eigenvalue weighted by Gasteiger charge is 2.32.